The highest BCUT2D eigenvalue weighted by Gasteiger charge is 2.15. The number of amidine groups is 1. The molecule has 1 aromatic rings. The predicted molar refractivity (Wildman–Crippen MR) is 79.0 cm³/mol. The molecule has 0 bridgehead atoms. The summed E-state index contributed by atoms with van der Waals surface area (Å²) in [7, 11) is 3.09. The fraction of sp³-hybridized carbons (Fsp3) is 0.583. The quantitative estimate of drug-likeness (QED) is 0.843. The molecule has 1 aliphatic rings. The summed E-state index contributed by atoms with van der Waals surface area (Å²) in [6.45, 7) is 0.790. The van der Waals surface area contributed by atoms with Crippen molar-refractivity contribution in [3.8, 4) is 0 Å². The van der Waals surface area contributed by atoms with E-state index in [-0.39, 0.29) is 11.2 Å². The van der Waals surface area contributed by atoms with Crippen molar-refractivity contribution in [3.63, 3.8) is 0 Å². The Morgan fingerprint density at radius 2 is 1.89 bits per heavy atom. The number of nitrogens with zero attached hydrogens (tertiary/aromatic N) is 3. The normalized spacial score (nSPS) is 15.8. The van der Waals surface area contributed by atoms with Crippen LogP contribution in [-0.2, 0) is 14.1 Å². The van der Waals surface area contributed by atoms with Gasteiger partial charge in [0.25, 0.3) is 5.56 Å². The maximum atomic E-state index is 11.9. The van der Waals surface area contributed by atoms with Crippen LogP contribution in [-0.4, -0.2) is 21.5 Å². The van der Waals surface area contributed by atoms with Crippen LogP contribution in [0.1, 0.15) is 25.7 Å². The van der Waals surface area contributed by atoms with E-state index in [1.165, 1.54) is 11.6 Å². The number of hydrogen-bond donors (Lipinski definition) is 1. The number of aliphatic imine (C=N–C) groups is 1. The van der Waals surface area contributed by atoms with E-state index in [4.69, 9.17) is 0 Å². The van der Waals surface area contributed by atoms with Crippen molar-refractivity contribution in [2.45, 2.75) is 25.7 Å². The van der Waals surface area contributed by atoms with E-state index in [9.17, 15) is 9.59 Å². The first-order valence-electron chi connectivity index (χ1n) is 6.28. The monoisotopic (exact) mass is 328 g/mol. The Kier molecular flexibility index (Phi) is 4.24. The van der Waals surface area contributed by atoms with Gasteiger partial charge in [0.15, 0.2) is 0 Å². The number of nitrogens with one attached hydrogen (secondary N) is 1. The van der Waals surface area contributed by atoms with Gasteiger partial charge >= 0.3 is 5.69 Å². The molecule has 0 atom stereocenters. The van der Waals surface area contributed by atoms with Crippen LogP contribution in [0.25, 0.3) is 0 Å². The second-order valence-electron chi connectivity index (χ2n) is 4.63. The smallest absolute Gasteiger partial charge is 0.329 e. The topological polar surface area (TPSA) is 68.4 Å². The molecule has 2 heterocycles. The molecule has 0 fully saturated rings. The van der Waals surface area contributed by atoms with Gasteiger partial charge < -0.3 is 5.32 Å². The molecule has 1 aromatic heterocycles. The highest BCUT2D eigenvalue weighted by Crippen LogP contribution is 2.17. The summed E-state index contributed by atoms with van der Waals surface area (Å²) >= 11 is 3.25. The minimum atomic E-state index is -0.357. The average Bonchev–Trinajstić information content (AvgIpc) is 2.68. The van der Waals surface area contributed by atoms with Crippen LogP contribution in [0.15, 0.2) is 19.1 Å². The largest absolute Gasteiger partial charge is 0.332 e. The number of anilines is 1. The molecular weight excluding hydrogens is 312 g/mol. The van der Waals surface area contributed by atoms with Crippen molar-refractivity contribution in [3.05, 3.63) is 25.3 Å². The molecule has 0 amide bonds. The van der Waals surface area contributed by atoms with Gasteiger partial charge in [-0.25, -0.2) is 4.79 Å². The van der Waals surface area contributed by atoms with E-state index < -0.39 is 0 Å². The van der Waals surface area contributed by atoms with E-state index in [2.05, 4.69) is 26.2 Å². The summed E-state index contributed by atoms with van der Waals surface area (Å²) in [5, 5.41) is 3.12. The number of hydrogen-bond acceptors (Lipinski definition) is 4. The van der Waals surface area contributed by atoms with Gasteiger partial charge in [-0.2, -0.15) is 0 Å². The Morgan fingerprint density at radius 3 is 2.63 bits per heavy atom. The van der Waals surface area contributed by atoms with Gasteiger partial charge in [0.1, 0.15) is 16.1 Å². The molecule has 0 aromatic carbocycles. The van der Waals surface area contributed by atoms with Crippen molar-refractivity contribution in [1.29, 1.82) is 0 Å². The van der Waals surface area contributed by atoms with Crippen LogP contribution in [0.3, 0.4) is 0 Å². The zero-order valence-electron chi connectivity index (χ0n) is 11.1. The van der Waals surface area contributed by atoms with Gasteiger partial charge in [0.2, 0.25) is 0 Å². The number of rotatable bonds is 1. The number of halogens is 1. The van der Waals surface area contributed by atoms with E-state index in [0.717, 1.165) is 42.6 Å². The molecule has 104 valence electrons. The van der Waals surface area contributed by atoms with Crippen LogP contribution in [0.2, 0.25) is 0 Å². The predicted octanol–water partition coefficient (Wildman–Crippen LogP) is 1.23. The Labute approximate surface area is 119 Å². The van der Waals surface area contributed by atoms with Gasteiger partial charge in [0.05, 0.1) is 0 Å². The van der Waals surface area contributed by atoms with Crippen LogP contribution in [0.4, 0.5) is 5.82 Å². The van der Waals surface area contributed by atoms with Crippen molar-refractivity contribution in [2.75, 3.05) is 11.9 Å². The summed E-state index contributed by atoms with van der Waals surface area (Å²) in [5.74, 6) is 1.30. The maximum absolute atomic E-state index is 11.9. The zero-order valence-corrected chi connectivity index (χ0v) is 12.7. The third-order valence-corrected chi connectivity index (χ3v) is 3.96. The maximum Gasteiger partial charge on any atom is 0.332 e. The van der Waals surface area contributed by atoms with E-state index in [1.54, 1.807) is 7.05 Å². The van der Waals surface area contributed by atoms with Gasteiger partial charge in [0, 0.05) is 27.1 Å². The molecule has 0 aliphatic carbocycles. The molecule has 1 N–H and O–H groups in total. The Hall–Kier alpha value is -1.37. The SMILES string of the molecule is Cn1c(NC2=NCCCCC2)c(Br)c(=O)n(C)c1=O. The lowest BCUT2D eigenvalue weighted by Crippen LogP contribution is -2.39. The minimum absolute atomic E-state index is 0.347. The van der Waals surface area contributed by atoms with Crippen LogP contribution in [0, 0.1) is 0 Å². The highest BCUT2D eigenvalue weighted by molar-refractivity contribution is 9.10. The Morgan fingerprint density at radius 1 is 1.16 bits per heavy atom. The lowest BCUT2D eigenvalue weighted by atomic mass is 10.2. The first kappa shape index (κ1) is 14.0. The second-order valence-corrected chi connectivity index (χ2v) is 5.43. The average molecular weight is 329 g/mol. The number of aromatic nitrogens is 2. The molecular formula is C12H17BrN4O2. The van der Waals surface area contributed by atoms with Gasteiger partial charge in [-0.3, -0.25) is 18.9 Å². The molecule has 0 unspecified atom stereocenters. The molecule has 0 spiro atoms. The van der Waals surface area contributed by atoms with Crippen LogP contribution < -0.4 is 16.6 Å². The Balaban J connectivity index is 2.43. The zero-order chi connectivity index (χ0) is 14.0. The van der Waals surface area contributed by atoms with Crippen LogP contribution >= 0.6 is 15.9 Å². The van der Waals surface area contributed by atoms with Crippen molar-refractivity contribution >= 4 is 27.6 Å². The Bertz CT molecular complexity index is 593. The fourth-order valence-electron chi connectivity index (χ4n) is 2.05. The summed E-state index contributed by atoms with van der Waals surface area (Å²) < 4.78 is 2.84. The third-order valence-electron chi connectivity index (χ3n) is 3.25. The second kappa shape index (κ2) is 5.73. The summed E-state index contributed by atoms with van der Waals surface area (Å²) in [5.41, 5.74) is -0.704. The fourth-order valence-corrected chi connectivity index (χ4v) is 2.69. The first-order valence-corrected chi connectivity index (χ1v) is 7.07. The lowest BCUT2D eigenvalue weighted by molar-refractivity contribution is 0.687. The highest BCUT2D eigenvalue weighted by atomic mass is 79.9. The lowest BCUT2D eigenvalue weighted by Gasteiger charge is -2.14. The standard InChI is InChI=1S/C12H17BrN4O2/c1-16-10(9(13)11(18)17(2)12(16)19)15-8-6-4-3-5-7-14-8/h3-7H2,1-2H3,(H,14,15). The van der Waals surface area contributed by atoms with Crippen LogP contribution in [0.5, 0.6) is 0 Å². The third kappa shape index (κ3) is 2.80. The summed E-state index contributed by atoms with van der Waals surface area (Å²) in [6.07, 6.45) is 4.16. The molecule has 19 heavy (non-hydrogen) atoms. The van der Waals surface area contributed by atoms with Gasteiger partial charge in [-0.1, -0.05) is 6.42 Å². The molecule has 6 nitrogen and oxygen atoms in total. The molecule has 0 saturated carbocycles. The molecule has 0 radical (unpaired) electrons. The van der Waals surface area contributed by atoms with Crippen molar-refractivity contribution < 1.29 is 0 Å². The van der Waals surface area contributed by atoms with Crippen molar-refractivity contribution in [2.24, 2.45) is 19.1 Å². The molecule has 1 aliphatic heterocycles. The van der Waals surface area contributed by atoms with Gasteiger partial charge in [-0.15, -0.1) is 0 Å². The van der Waals surface area contributed by atoms with Gasteiger partial charge in [-0.05, 0) is 28.8 Å². The molecule has 7 heteroatoms. The molecule has 0 saturated heterocycles. The van der Waals surface area contributed by atoms with E-state index in [0.29, 0.717) is 10.3 Å². The van der Waals surface area contributed by atoms with Crippen molar-refractivity contribution in [1.82, 2.24) is 9.13 Å². The summed E-state index contributed by atoms with van der Waals surface area (Å²) in [6, 6.07) is 0. The minimum Gasteiger partial charge on any atom is -0.329 e. The molecule has 2 rings (SSSR count). The van der Waals surface area contributed by atoms with E-state index in [1.807, 2.05) is 0 Å². The first-order chi connectivity index (χ1) is 9.02. The van der Waals surface area contributed by atoms with E-state index >= 15 is 0 Å². The summed E-state index contributed by atoms with van der Waals surface area (Å²) in [4.78, 5) is 28.2.